The Bertz CT molecular complexity index is 1750. The number of thioether (sulfide) groups is 1. The van der Waals surface area contributed by atoms with E-state index in [0.717, 1.165) is 26.9 Å². The molecule has 0 spiro atoms. The first-order valence-corrected chi connectivity index (χ1v) is 15.3. The number of carbonyl (C=O) groups is 3. The number of nitrogens with one attached hydrogen (secondary N) is 1. The smallest absolute Gasteiger partial charge is 0.308 e. The highest BCUT2D eigenvalue weighted by Crippen LogP contribution is 2.54. The second-order valence-electron chi connectivity index (χ2n) is 9.85. The van der Waals surface area contributed by atoms with E-state index in [2.05, 4.69) is 21.2 Å². The van der Waals surface area contributed by atoms with Crippen LogP contribution in [0.2, 0.25) is 0 Å². The van der Waals surface area contributed by atoms with E-state index in [1.807, 2.05) is 49.4 Å². The van der Waals surface area contributed by atoms with E-state index in [9.17, 15) is 19.2 Å². The zero-order chi connectivity index (χ0) is 28.8. The lowest BCUT2D eigenvalue weighted by Crippen LogP contribution is -2.33. The molecule has 41 heavy (non-hydrogen) atoms. The summed E-state index contributed by atoms with van der Waals surface area (Å²) in [5.74, 6) is -1.67. The number of thiazole rings is 1. The molecule has 4 aromatic rings. The lowest BCUT2D eigenvalue weighted by molar-refractivity contribution is -0.122. The molecule has 2 aliphatic rings. The minimum Gasteiger partial charge on any atom is -0.497 e. The fraction of sp³-hybridized carbons (Fsp3) is 0.200. The average molecular weight is 651 g/mol. The van der Waals surface area contributed by atoms with Gasteiger partial charge in [-0.05, 0) is 66.6 Å². The first kappa shape index (κ1) is 27.5. The number of methoxy groups -OCH3 is 1. The molecule has 11 heteroatoms. The van der Waals surface area contributed by atoms with Gasteiger partial charge in [-0.15, -0.1) is 0 Å². The highest BCUT2D eigenvalue weighted by atomic mass is 79.9. The molecule has 0 aliphatic carbocycles. The topological polar surface area (TPSA) is 97.7 Å². The molecule has 1 aromatic heterocycles. The Labute approximate surface area is 252 Å². The Morgan fingerprint density at radius 1 is 1.00 bits per heavy atom. The van der Waals surface area contributed by atoms with Gasteiger partial charge in [-0.25, -0.2) is 4.90 Å². The van der Waals surface area contributed by atoms with E-state index in [4.69, 9.17) is 4.74 Å². The number of halogens is 1. The summed E-state index contributed by atoms with van der Waals surface area (Å²) >= 11 is 5.74. The summed E-state index contributed by atoms with van der Waals surface area (Å²) in [5.41, 5.74) is 2.91. The van der Waals surface area contributed by atoms with Crippen molar-refractivity contribution >= 4 is 68.1 Å². The van der Waals surface area contributed by atoms with Crippen LogP contribution in [0.1, 0.15) is 21.9 Å². The summed E-state index contributed by atoms with van der Waals surface area (Å²) in [6.45, 7) is 1.72. The van der Waals surface area contributed by atoms with Crippen LogP contribution in [-0.2, 0) is 20.9 Å². The third-order valence-electron chi connectivity index (χ3n) is 7.19. The fourth-order valence-electron chi connectivity index (χ4n) is 5.37. The summed E-state index contributed by atoms with van der Waals surface area (Å²) < 4.78 is 7.48. The number of amides is 3. The molecule has 3 heterocycles. The van der Waals surface area contributed by atoms with Crippen molar-refractivity contribution in [1.29, 1.82) is 0 Å². The Morgan fingerprint density at radius 2 is 1.76 bits per heavy atom. The van der Waals surface area contributed by atoms with Crippen molar-refractivity contribution in [2.75, 3.05) is 17.3 Å². The van der Waals surface area contributed by atoms with Gasteiger partial charge in [0.15, 0.2) is 0 Å². The number of imide groups is 1. The molecule has 8 nitrogen and oxygen atoms in total. The maximum absolute atomic E-state index is 14.0. The SMILES string of the molecule is COc1ccc(N2C(=O)C3Sc4c(sc(=O)n4CC(=O)Nc4cccc(C)c4)C(c4cccc(Br)c4)C3C2=O)cc1. The van der Waals surface area contributed by atoms with Crippen LogP contribution in [0.5, 0.6) is 5.75 Å². The highest BCUT2D eigenvalue weighted by Gasteiger charge is 2.56. The predicted octanol–water partition coefficient (Wildman–Crippen LogP) is 5.42. The van der Waals surface area contributed by atoms with Crippen LogP contribution in [0.25, 0.3) is 0 Å². The number of fused-ring (bicyclic) bond motifs is 2. The molecular weight excluding hydrogens is 626 g/mol. The predicted molar refractivity (Wildman–Crippen MR) is 163 cm³/mol. The molecule has 0 bridgehead atoms. The van der Waals surface area contributed by atoms with Crippen molar-refractivity contribution in [2.45, 2.75) is 29.7 Å². The summed E-state index contributed by atoms with van der Waals surface area (Å²) in [4.78, 5) is 55.8. The molecular formula is C30H24BrN3O5S2. The quantitative estimate of drug-likeness (QED) is 0.280. The maximum atomic E-state index is 14.0. The second kappa shape index (κ2) is 11.0. The number of aryl methyl sites for hydroxylation is 1. The molecule has 2 aliphatic heterocycles. The normalized spacial score (nSPS) is 19.6. The third-order valence-corrected chi connectivity index (χ3v) is 10.3. The average Bonchev–Trinajstić information content (AvgIpc) is 3.39. The molecule has 208 valence electrons. The van der Waals surface area contributed by atoms with E-state index in [-0.39, 0.29) is 29.1 Å². The Morgan fingerprint density at radius 3 is 2.46 bits per heavy atom. The van der Waals surface area contributed by atoms with Gasteiger partial charge in [0.05, 0.1) is 23.7 Å². The van der Waals surface area contributed by atoms with Crippen molar-refractivity contribution in [3.8, 4) is 5.75 Å². The Balaban J connectivity index is 1.40. The van der Waals surface area contributed by atoms with Crippen molar-refractivity contribution in [3.05, 3.63) is 103 Å². The minimum absolute atomic E-state index is 0.210. The number of aromatic nitrogens is 1. The first-order valence-electron chi connectivity index (χ1n) is 12.8. The van der Waals surface area contributed by atoms with Crippen LogP contribution >= 0.6 is 39.0 Å². The van der Waals surface area contributed by atoms with E-state index in [1.165, 1.54) is 21.2 Å². The van der Waals surface area contributed by atoms with Gasteiger partial charge < -0.3 is 10.1 Å². The molecule has 1 saturated heterocycles. The van der Waals surface area contributed by atoms with E-state index >= 15 is 0 Å². The van der Waals surface area contributed by atoms with Gasteiger partial charge in [0.25, 0.3) is 0 Å². The van der Waals surface area contributed by atoms with Gasteiger partial charge in [0.1, 0.15) is 17.5 Å². The fourth-order valence-corrected chi connectivity index (χ4v) is 8.56. The number of carbonyl (C=O) groups excluding carboxylic acids is 3. The summed E-state index contributed by atoms with van der Waals surface area (Å²) in [6.07, 6.45) is 0. The summed E-state index contributed by atoms with van der Waals surface area (Å²) in [5, 5.41) is 2.64. The van der Waals surface area contributed by atoms with Gasteiger partial charge >= 0.3 is 4.87 Å². The van der Waals surface area contributed by atoms with Crippen LogP contribution in [0.4, 0.5) is 11.4 Å². The standard InChI is InChI=1S/C30H24BrN3O5S2/c1-16-5-3-8-19(13-16)32-22(35)15-33-29-26(41-30(33)38)23(17-6-4-7-18(31)14-17)24-25(40-29)28(37)34(27(24)36)20-9-11-21(39-2)12-10-20/h3-14,23-25H,15H2,1-2H3,(H,32,35). The largest absolute Gasteiger partial charge is 0.497 e. The Kier molecular flexibility index (Phi) is 7.35. The number of anilines is 2. The van der Waals surface area contributed by atoms with Crippen LogP contribution in [0.15, 0.2) is 87.1 Å². The molecule has 1 N–H and O–H groups in total. The van der Waals surface area contributed by atoms with Gasteiger partial charge in [-0.2, -0.15) is 0 Å². The van der Waals surface area contributed by atoms with E-state index in [0.29, 0.717) is 27.0 Å². The van der Waals surface area contributed by atoms with Crippen LogP contribution in [0.3, 0.4) is 0 Å². The molecule has 3 aromatic carbocycles. The summed E-state index contributed by atoms with van der Waals surface area (Å²) in [6, 6.07) is 21.8. The molecule has 3 unspecified atom stereocenters. The van der Waals surface area contributed by atoms with Crippen molar-refractivity contribution in [1.82, 2.24) is 4.57 Å². The first-order chi connectivity index (χ1) is 19.7. The lowest BCUT2D eigenvalue weighted by atomic mass is 9.83. The zero-order valence-electron chi connectivity index (χ0n) is 22.0. The molecule has 6 rings (SSSR count). The third kappa shape index (κ3) is 5.02. The van der Waals surface area contributed by atoms with Gasteiger partial charge in [-0.3, -0.25) is 23.7 Å². The van der Waals surface area contributed by atoms with Crippen LogP contribution in [0, 0.1) is 12.8 Å². The van der Waals surface area contributed by atoms with Gasteiger partial charge in [0.2, 0.25) is 17.7 Å². The zero-order valence-corrected chi connectivity index (χ0v) is 25.2. The number of benzene rings is 3. The number of rotatable bonds is 6. The minimum atomic E-state index is -0.763. The molecule has 0 saturated carbocycles. The second-order valence-corrected chi connectivity index (χ2v) is 12.9. The van der Waals surface area contributed by atoms with Crippen LogP contribution in [-0.4, -0.2) is 34.6 Å². The van der Waals surface area contributed by atoms with Gasteiger partial charge in [0, 0.05) is 21.0 Å². The summed E-state index contributed by atoms with van der Waals surface area (Å²) in [7, 11) is 1.55. The number of ether oxygens (including phenoxy) is 1. The Hall–Kier alpha value is -3.67. The number of nitrogens with zero attached hydrogens (tertiary/aromatic N) is 2. The number of hydrogen-bond acceptors (Lipinski definition) is 7. The molecule has 0 radical (unpaired) electrons. The van der Waals surface area contributed by atoms with Crippen molar-refractivity contribution in [3.63, 3.8) is 0 Å². The van der Waals surface area contributed by atoms with E-state index in [1.54, 1.807) is 37.4 Å². The van der Waals surface area contributed by atoms with Crippen molar-refractivity contribution < 1.29 is 19.1 Å². The molecule has 3 amide bonds. The van der Waals surface area contributed by atoms with Gasteiger partial charge in [-0.1, -0.05) is 63.3 Å². The number of hydrogen-bond donors (Lipinski definition) is 1. The van der Waals surface area contributed by atoms with E-state index < -0.39 is 17.1 Å². The van der Waals surface area contributed by atoms with Crippen molar-refractivity contribution in [2.24, 2.45) is 5.92 Å². The molecule has 1 fully saturated rings. The lowest BCUT2D eigenvalue weighted by Gasteiger charge is -2.30. The van der Waals surface area contributed by atoms with Crippen LogP contribution < -0.4 is 19.8 Å². The highest BCUT2D eigenvalue weighted by molar-refractivity contribution is 9.10. The molecule has 3 atom stereocenters. The maximum Gasteiger partial charge on any atom is 0.308 e. The monoisotopic (exact) mass is 649 g/mol.